The maximum Gasteiger partial charge on any atom is 0.156 e. The Labute approximate surface area is 93.7 Å². The SMILES string of the molecule is CC(C)n1ncc(Cl)c1C1=CC(=O)CC1. The summed E-state index contributed by atoms with van der Waals surface area (Å²) >= 11 is 6.08. The zero-order chi connectivity index (χ0) is 11.0. The Morgan fingerprint density at radius 2 is 2.20 bits per heavy atom. The summed E-state index contributed by atoms with van der Waals surface area (Å²) in [6.07, 6.45) is 4.69. The van der Waals surface area contributed by atoms with Crippen LogP contribution in [0.5, 0.6) is 0 Å². The number of rotatable bonds is 2. The molecule has 0 spiro atoms. The normalized spacial score (nSPS) is 16.3. The summed E-state index contributed by atoms with van der Waals surface area (Å²) in [4.78, 5) is 11.2. The quantitative estimate of drug-likeness (QED) is 0.774. The minimum Gasteiger partial charge on any atom is -0.295 e. The number of ketones is 1. The lowest BCUT2D eigenvalue weighted by atomic mass is 10.1. The number of allylic oxidation sites excluding steroid dienone is 2. The fourth-order valence-corrected chi connectivity index (χ4v) is 2.07. The van der Waals surface area contributed by atoms with E-state index in [1.165, 1.54) is 0 Å². The summed E-state index contributed by atoms with van der Waals surface area (Å²) < 4.78 is 1.87. The predicted octanol–water partition coefficient (Wildman–Crippen LogP) is 2.86. The van der Waals surface area contributed by atoms with Crippen molar-refractivity contribution in [1.82, 2.24) is 9.78 Å². The molecule has 1 aromatic rings. The maximum atomic E-state index is 11.2. The standard InChI is InChI=1S/C11H13ClN2O/c1-7(2)14-11(10(12)6-13-14)8-3-4-9(15)5-8/h5-7H,3-4H2,1-2H3. The van der Waals surface area contributed by atoms with Crippen LogP contribution >= 0.6 is 11.6 Å². The fraction of sp³-hybridized carbons (Fsp3) is 0.455. The first kappa shape index (κ1) is 10.4. The summed E-state index contributed by atoms with van der Waals surface area (Å²) in [5, 5.41) is 4.85. The highest BCUT2D eigenvalue weighted by atomic mass is 35.5. The van der Waals surface area contributed by atoms with Gasteiger partial charge in [-0.3, -0.25) is 9.48 Å². The first-order chi connectivity index (χ1) is 7.09. The number of carbonyl (C=O) groups is 1. The third-order valence-corrected chi connectivity index (χ3v) is 2.80. The van der Waals surface area contributed by atoms with E-state index in [1.807, 2.05) is 18.5 Å². The van der Waals surface area contributed by atoms with Crippen molar-refractivity contribution in [3.8, 4) is 0 Å². The molecular weight excluding hydrogens is 212 g/mol. The molecule has 15 heavy (non-hydrogen) atoms. The fourth-order valence-electron chi connectivity index (χ4n) is 1.82. The molecule has 0 saturated carbocycles. The van der Waals surface area contributed by atoms with Gasteiger partial charge in [-0.2, -0.15) is 5.10 Å². The van der Waals surface area contributed by atoms with E-state index in [4.69, 9.17) is 11.6 Å². The number of nitrogens with zero attached hydrogens (tertiary/aromatic N) is 2. The largest absolute Gasteiger partial charge is 0.295 e. The molecular formula is C11H13ClN2O. The predicted molar refractivity (Wildman–Crippen MR) is 59.8 cm³/mol. The molecule has 0 saturated heterocycles. The third-order valence-electron chi connectivity index (χ3n) is 2.52. The van der Waals surface area contributed by atoms with Gasteiger partial charge in [0.1, 0.15) is 0 Å². The highest BCUT2D eigenvalue weighted by molar-refractivity contribution is 6.32. The van der Waals surface area contributed by atoms with Gasteiger partial charge in [-0.25, -0.2) is 0 Å². The van der Waals surface area contributed by atoms with Gasteiger partial charge in [0.05, 0.1) is 16.9 Å². The van der Waals surface area contributed by atoms with Crippen LogP contribution in [0.4, 0.5) is 0 Å². The molecule has 1 heterocycles. The first-order valence-electron chi connectivity index (χ1n) is 5.06. The Kier molecular flexibility index (Phi) is 2.65. The lowest BCUT2D eigenvalue weighted by Gasteiger charge is -2.11. The second-order valence-corrected chi connectivity index (χ2v) is 4.42. The van der Waals surface area contributed by atoms with Gasteiger partial charge in [-0.05, 0) is 31.9 Å². The first-order valence-corrected chi connectivity index (χ1v) is 5.44. The van der Waals surface area contributed by atoms with Crippen molar-refractivity contribution >= 4 is 23.0 Å². The van der Waals surface area contributed by atoms with Crippen LogP contribution in [0.3, 0.4) is 0 Å². The molecule has 0 bridgehead atoms. The summed E-state index contributed by atoms with van der Waals surface area (Å²) in [6, 6.07) is 0.254. The molecule has 1 aromatic heterocycles. The van der Waals surface area contributed by atoms with E-state index in [1.54, 1.807) is 12.3 Å². The summed E-state index contributed by atoms with van der Waals surface area (Å²) in [7, 11) is 0. The second-order valence-electron chi connectivity index (χ2n) is 4.02. The van der Waals surface area contributed by atoms with Crippen molar-refractivity contribution < 1.29 is 4.79 Å². The van der Waals surface area contributed by atoms with E-state index >= 15 is 0 Å². The zero-order valence-corrected chi connectivity index (χ0v) is 9.58. The zero-order valence-electron chi connectivity index (χ0n) is 8.83. The van der Waals surface area contributed by atoms with E-state index in [9.17, 15) is 4.79 Å². The van der Waals surface area contributed by atoms with Gasteiger partial charge in [-0.15, -0.1) is 0 Å². The molecule has 0 fully saturated rings. The van der Waals surface area contributed by atoms with Crippen LogP contribution in [-0.4, -0.2) is 15.6 Å². The average Bonchev–Trinajstić information content (AvgIpc) is 2.71. The lowest BCUT2D eigenvalue weighted by molar-refractivity contribution is -0.114. The van der Waals surface area contributed by atoms with E-state index in [0.717, 1.165) is 17.7 Å². The molecule has 80 valence electrons. The van der Waals surface area contributed by atoms with Crippen molar-refractivity contribution in [2.45, 2.75) is 32.7 Å². The van der Waals surface area contributed by atoms with Gasteiger partial charge in [0.2, 0.25) is 0 Å². The van der Waals surface area contributed by atoms with Crippen molar-refractivity contribution in [3.63, 3.8) is 0 Å². The molecule has 0 aliphatic heterocycles. The molecule has 1 aliphatic rings. The number of hydrogen-bond acceptors (Lipinski definition) is 2. The van der Waals surface area contributed by atoms with E-state index in [2.05, 4.69) is 5.10 Å². The molecule has 0 unspecified atom stereocenters. The minimum absolute atomic E-state index is 0.178. The lowest BCUT2D eigenvalue weighted by Crippen LogP contribution is -2.06. The molecule has 0 N–H and O–H groups in total. The molecule has 0 atom stereocenters. The summed E-state index contributed by atoms with van der Waals surface area (Å²) in [5.74, 6) is 0.178. The Morgan fingerprint density at radius 3 is 2.73 bits per heavy atom. The van der Waals surface area contributed by atoms with Crippen molar-refractivity contribution in [2.24, 2.45) is 0 Å². The Balaban J connectivity index is 2.47. The van der Waals surface area contributed by atoms with Crippen molar-refractivity contribution in [2.75, 3.05) is 0 Å². The Hall–Kier alpha value is -1.09. The number of halogens is 1. The van der Waals surface area contributed by atoms with Crippen LogP contribution < -0.4 is 0 Å². The summed E-state index contributed by atoms with van der Waals surface area (Å²) in [6.45, 7) is 4.09. The van der Waals surface area contributed by atoms with Gasteiger partial charge in [0.25, 0.3) is 0 Å². The minimum atomic E-state index is 0.178. The molecule has 4 heteroatoms. The smallest absolute Gasteiger partial charge is 0.156 e. The molecule has 0 amide bonds. The van der Waals surface area contributed by atoms with E-state index in [-0.39, 0.29) is 11.8 Å². The Morgan fingerprint density at radius 1 is 1.47 bits per heavy atom. The van der Waals surface area contributed by atoms with Crippen molar-refractivity contribution in [1.29, 1.82) is 0 Å². The highest BCUT2D eigenvalue weighted by Crippen LogP contribution is 2.32. The van der Waals surface area contributed by atoms with Gasteiger partial charge in [-0.1, -0.05) is 11.6 Å². The number of carbonyl (C=O) groups excluding carboxylic acids is 1. The van der Waals surface area contributed by atoms with Crippen LogP contribution in [-0.2, 0) is 4.79 Å². The van der Waals surface area contributed by atoms with E-state index in [0.29, 0.717) is 11.4 Å². The van der Waals surface area contributed by atoms with Crippen LogP contribution in [0.1, 0.15) is 38.4 Å². The maximum absolute atomic E-state index is 11.2. The second kappa shape index (κ2) is 3.81. The van der Waals surface area contributed by atoms with Crippen LogP contribution in [0.2, 0.25) is 5.02 Å². The monoisotopic (exact) mass is 224 g/mol. The van der Waals surface area contributed by atoms with Gasteiger partial charge < -0.3 is 0 Å². The topological polar surface area (TPSA) is 34.9 Å². The van der Waals surface area contributed by atoms with Crippen LogP contribution in [0.25, 0.3) is 5.57 Å². The third kappa shape index (κ3) is 1.84. The van der Waals surface area contributed by atoms with Crippen molar-refractivity contribution in [3.05, 3.63) is 23.0 Å². The Bertz CT molecular complexity index is 432. The van der Waals surface area contributed by atoms with Gasteiger partial charge in [0.15, 0.2) is 5.78 Å². The molecule has 0 radical (unpaired) electrons. The average molecular weight is 225 g/mol. The molecule has 3 nitrogen and oxygen atoms in total. The van der Waals surface area contributed by atoms with E-state index < -0.39 is 0 Å². The van der Waals surface area contributed by atoms with Gasteiger partial charge >= 0.3 is 0 Å². The highest BCUT2D eigenvalue weighted by Gasteiger charge is 2.20. The molecule has 1 aliphatic carbocycles. The van der Waals surface area contributed by atoms with Gasteiger partial charge in [0, 0.05) is 12.5 Å². The molecule has 2 rings (SSSR count). The molecule has 0 aromatic carbocycles. The number of aromatic nitrogens is 2. The van der Waals surface area contributed by atoms with Crippen LogP contribution in [0.15, 0.2) is 12.3 Å². The summed E-state index contributed by atoms with van der Waals surface area (Å²) in [5.41, 5.74) is 1.91. The van der Waals surface area contributed by atoms with Crippen LogP contribution in [0, 0.1) is 0 Å². The number of hydrogen-bond donors (Lipinski definition) is 0.